The van der Waals surface area contributed by atoms with Gasteiger partial charge in [-0.15, -0.1) is 0 Å². The van der Waals surface area contributed by atoms with E-state index in [9.17, 15) is 0 Å². The third kappa shape index (κ3) is 5.94. The number of nitrogens with two attached hydrogens (primary N) is 1. The lowest BCUT2D eigenvalue weighted by atomic mass is 10.0. The second kappa shape index (κ2) is 9.45. The molecule has 0 aromatic heterocycles. The smallest absolute Gasteiger partial charge is 0.188 e. The maximum absolute atomic E-state index is 6.01. The minimum atomic E-state index is 0.588. The van der Waals surface area contributed by atoms with Crippen LogP contribution in [0.25, 0.3) is 0 Å². The average molecular weight is 325 g/mol. The number of nitrogens with zero attached hydrogens (tertiary/aromatic N) is 4. The highest BCUT2D eigenvalue weighted by atomic mass is 15.2. The Morgan fingerprint density at radius 2 is 1.96 bits per heavy atom. The van der Waals surface area contributed by atoms with Gasteiger partial charge in [0, 0.05) is 25.2 Å². The lowest BCUT2D eigenvalue weighted by Crippen LogP contribution is -2.45. The lowest BCUT2D eigenvalue weighted by molar-refractivity contribution is 0.147. The third-order valence-corrected chi connectivity index (χ3v) is 5.40. The van der Waals surface area contributed by atoms with Gasteiger partial charge >= 0.3 is 0 Å². The Bertz CT molecular complexity index is 362. The summed E-state index contributed by atoms with van der Waals surface area (Å²) in [6.45, 7) is 9.72. The van der Waals surface area contributed by atoms with Crippen LogP contribution in [0.5, 0.6) is 0 Å². The van der Waals surface area contributed by atoms with Gasteiger partial charge in [-0.05, 0) is 66.0 Å². The van der Waals surface area contributed by atoms with Crippen LogP contribution in [0.2, 0.25) is 0 Å². The molecule has 2 saturated heterocycles. The van der Waals surface area contributed by atoms with Crippen molar-refractivity contribution in [3.63, 3.8) is 0 Å². The van der Waals surface area contributed by atoms with Gasteiger partial charge in [0.2, 0.25) is 0 Å². The monoisotopic (exact) mass is 324 g/mol. The Balaban J connectivity index is 1.59. The summed E-state index contributed by atoms with van der Waals surface area (Å²) in [5.41, 5.74) is 6.01. The summed E-state index contributed by atoms with van der Waals surface area (Å²) < 4.78 is 0. The number of likely N-dealkylation sites (N-methyl/N-ethyl adjacent to an activating group) is 1. The molecular formula is C17H36N6. The predicted molar refractivity (Wildman–Crippen MR) is 97.9 cm³/mol. The molecule has 0 bridgehead atoms. The predicted octanol–water partition coefficient (Wildman–Crippen LogP) is 0.401. The van der Waals surface area contributed by atoms with Crippen molar-refractivity contribution in [3.8, 4) is 0 Å². The Morgan fingerprint density at radius 3 is 2.61 bits per heavy atom. The Kier molecular flexibility index (Phi) is 7.59. The molecule has 0 radical (unpaired) electrons. The highest BCUT2D eigenvalue weighted by Crippen LogP contribution is 2.16. The zero-order chi connectivity index (χ0) is 16.7. The van der Waals surface area contributed by atoms with Crippen LogP contribution < -0.4 is 11.1 Å². The van der Waals surface area contributed by atoms with Gasteiger partial charge in [-0.2, -0.15) is 0 Å². The second-order valence-corrected chi connectivity index (χ2v) is 7.11. The zero-order valence-corrected chi connectivity index (χ0v) is 15.3. The topological polar surface area (TPSA) is 60.1 Å². The van der Waals surface area contributed by atoms with Crippen molar-refractivity contribution in [1.29, 1.82) is 0 Å². The van der Waals surface area contributed by atoms with E-state index in [4.69, 9.17) is 5.73 Å². The van der Waals surface area contributed by atoms with Crippen LogP contribution >= 0.6 is 0 Å². The van der Waals surface area contributed by atoms with Gasteiger partial charge in [0.1, 0.15) is 0 Å². The molecular weight excluding hydrogens is 288 g/mol. The van der Waals surface area contributed by atoms with Crippen molar-refractivity contribution in [3.05, 3.63) is 0 Å². The fourth-order valence-electron chi connectivity index (χ4n) is 3.78. The molecule has 2 fully saturated rings. The Labute approximate surface area is 142 Å². The van der Waals surface area contributed by atoms with Crippen LogP contribution in [0.3, 0.4) is 0 Å². The van der Waals surface area contributed by atoms with Gasteiger partial charge in [0.15, 0.2) is 5.96 Å². The lowest BCUT2D eigenvalue weighted by Gasteiger charge is -2.35. The molecule has 0 saturated carbocycles. The summed E-state index contributed by atoms with van der Waals surface area (Å²) in [5.74, 6) is 0.608. The first kappa shape index (κ1) is 18.5. The highest BCUT2D eigenvalue weighted by Gasteiger charge is 2.22. The van der Waals surface area contributed by atoms with Crippen molar-refractivity contribution < 1.29 is 0 Å². The van der Waals surface area contributed by atoms with E-state index in [2.05, 4.69) is 46.0 Å². The molecule has 2 heterocycles. The molecule has 0 aliphatic carbocycles. The largest absolute Gasteiger partial charge is 0.370 e. The van der Waals surface area contributed by atoms with E-state index >= 15 is 0 Å². The van der Waals surface area contributed by atoms with Crippen LogP contribution in [-0.2, 0) is 0 Å². The van der Waals surface area contributed by atoms with E-state index in [0.29, 0.717) is 12.0 Å². The molecule has 0 spiro atoms. The Hall–Kier alpha value is -0.850. The summed E-state index contributed by atoms with van der Waals surface area (Å²) >= 11 is 0. The number of hydrogen-bond donors (Lipinski definition) is 2. The second-order valence-electron chi connectivity index (χ2n) is 7.11. The molecule has 3 N–H and O–H groups in total. The SMILES string of the molecule is CCN1CCCC1CN=C(N)NCCN1CCC(N(C)C)CC1. The number of hydrogen-bond acceptors (Lipinski definition) is 4. The van der Waals surface area contributed by atoms with Crippen molar-refractivity contribution >= 4 is 5.96 Å². The fraction of sp³-hybridized carbons (Fsp3) is 0.941. The molecule has 134 valence electrons. The summed E-state index contributed by atoms with van der Waals surface area (Å²) in [5, 5.41) is 3.28. The van der Waals surface area contributed by atoms with Gasteiger partial charge in [-0.1, -0.05) is 6.92 Å². The molecule has 2 aliphatic heterocycles. The quantitative estimate of drug-likeness (QED) is 0.524. The number of guanidine groups is 1. The Morgan fingerprint density at radius 1 is 1.22 bits per heavy atom. The number of nitrogens with one attached hydrogen (secondary N) is 1. The number of likely N-dealkylation sites (tertiary alicyclic amines) is 2. The van der Waals surface area contributed by atoms with Gasteiger partial charge in [0.25, 0.3) is 0 Å². The molecule has 2 rings (SSSR count). The molecule has 0 amide bonds. The number of aliphatic imine (C=N–C) groups is 1. The number of rotatable bonds is 7. The maximum atomic E-state index is 6.01. The van der Waals surface area contributed by atoms with E-state index in [0.717, 1.165) is 32.2 Å². The van der Waals surface area contributed by atoms with Crippen LogP contribution in [0, 0.1) is 0 Å². The normalized spacial score (nSPS) is 25.4. The minimum Gasteiger partial charge on any atom is -0.370 e. The summed E-state index contributed by atoms with van der Waals surface area (Å²) in [7, 11) is 4.37. The van der Waals surface area contributed by atoms with Crippen LogP contribution in [0.1, 0.15) is 32.6 Å². The molecule has 6 nitrogen and oxygen atoms in total. The van der Waals surface area contributed by atoms with Gasteiger partial charge in [0.05, 0.1) is 6.54 Å². The summed E-state index contributed by atoms with van der Waals surface area (Å²) in [6, 6.07) is 1.34. The standard InChI is InChI=1S/C17H36N6/c1-4-23-10-5-6-16(23)14-20-17(18)19-9-13-22-11-7-15(8-12-22)21(2)3/h15-16H,4-14H2,1-3H3,(H3,18,19,20). The van der Waals surface area contributed by atoms with Crippen molar-refractivity contribution in [1.82, 2.24) is 20.0 Å². The molecule has 23 heavy (non-hydrogen) atoms. The first-order valence-electron chi connectivity index (χ1n) is 9.26. The fourth-order valence-corrected chi connectivity index (χ4v) is 3.78. The number of piperidine rings is 1. The average Bonchev–Trinajstić information content (AvgIpc) is 3.01. The van der Waals surface area contributed by atoms with Crippen molar-refractivity contribution in [2.45, 2.75) is 44.7 Å². The van der Waals surface area contributed by atoms with Gasteiger partial charge in [-0.25, -0.2) is 0 Å². The van der Waals surface area contributed by atoms with Crippen LogP contribution in [-0.4, -0.2) is 92.7 Å². The minimum absolute atomic E-state index is 0.588. The molecule has 6 heteroatoms. The van der Waals surface area contributed by atoms with Gasteiger partial charge in [-0.3, -0.25) is 9.89 Å². The van der Waals surface area contributed by atoms with E-state index in [1.54, 1.807) is 0 Å². The molecule has 1 unspecified atom stereocenters. The van der Waals surface area contributed by atoms with E-state index < -0.39 is 0 Å². The van der Waals surface area contributed by atoms with E-state index in [1.165, 1.54) is 45.3 Å². The van der Waals surface area contributed by atoms with Crippen LogP contribution in [0.15, 0.2) is 4.99 Å². The first-order chi connectivity index (χ1) is 11.1. The zero-order valence-electron chi connectivity index (χ0n) is 15.3. The first-order valence-corrected chi connectivity index (χ1v) is 9.26. The van der Waals surface area contributed by atoms with E-state index in [1.807, 2.05) is 0 Å². The van der Waals surface area contributed by atoms with Crippen molar-refractivity contribution in [2.75, 3.05) is 59.9 Å². The van der Waals surface area contributed by atoms with Crippen LogP contribution in [0.4, 0.5) is 0 Å². The summed E-state index contributed by atoms with van der Waals surface area (Å²) in [4.78, 5) is 11.9. The molecule has 1 atom stereocenters. The third-order valence-electron chi connectivity index (χ3n) is 5.40. The molecule has 0 aromatic carbocycles. The van der Waals surface area contributed by atoms with E-state index in [-0.39, 0.29) is 0 Å². The van der Waals surface area contributed by atoms with Crippen molar-refractivity contribution in [2.24, 2.45) is 10.7 Å². The summed E-state index contributed by atoms with van der Waals surface area (Å²) in [6.07, 6.45) is 5.09. The molecule has 2 aliphatic rings. The molecule has 0 aromatic rings. The highest BCUT2D eigenvalue weighted by molar-refractivity contribution is 5.77. The maximum Gasteiger partial charge on any atom is 0.188 e. The van der Waals surface area contributed by atoms with Gasteiger partial charge < -0.3 is 20.9 Å².